The predicted molar refractivity (Wildman–Crippen MR) is 68.3 cm³/mol. The Hall–Kier alpha value is -1.24. The van der Waals surface area contributed by atoms with Gasteiger partial charge >= 0.3 is 5.97 Å². The Morgan fingerprint density at radius 2 is 2.22 bits per heavy atom. The number of halogens is 2. The molecule has 2 rings (SSSR count). The van der Waals surface area contributed by atoms with Crippen LogP contribution in [0, 0.1) is 0 Å². The molecule has 1 aliphatic rings. The van der Waals surface area contributed by atoms with Crippen LogP contribution < -0.4 is 10.6 Å². The number of carbonyl (C=O) groups is 2. The summed E-state index contributed by atoms with van der Waals surface area (Å²) >= 11 is 5.68. The molecule has 8 heteroatoms. The van der Waals surface area contributed by atoms with Gasteiger partial charge in [0.15, 0.2) is 0 Å². The minimum absolute atomic E-state index is 0. The zero-order valence-corrected chi connectivity index (χ0v) is 10.8. The van der Waals surface area contributed by atoms with Gasteiger partial charge in [-0.3, -0.25) is 9.59 Å². The molecule has 2 heterocycles. The van der Waals surface area contributed by atoms with E-state index in [4.69, 9.17) is 16.7 Å². The zero-order chi connectivity index (χ0) is 12.4. The number of nitrogens with one attached hydrogen (secondary N) is 3. The molecule has 1 saturated heterocycles. The first-order valence-corrected chi connectivity index (χ1v) is 5.55. The predicted octanol–water partition coefficient (Wildman–Crippen LogP) is 0.635. The van der Waals surface area contributed by atoms with E-state index in [9.17, 15) is 9.59 Å². The lowest BCUT2D eigenvalue weighted by Gasteiger charge is -2.10. The van der Waals surface area contributed by atoms with Gasteiger partial charge in [0.1, 0.15) is 11.7 Å². The maximum Gasteiger partial charge on any atom is 0.320 e. The molecule has 2 atom stereocenters. The number of carbonyl (C=O) groups excluding carboxylic acids is 1. The number of aromatic nitrogens is 1. The standard InChI is InChI=1S/C10H12ClN3O3.ClH/c11-5-1-7(12-3-5)9(15)14-6-2-8(10(16)17)13-4-6;/h1,3,6,8,12-13H,2,4H2,(H,14,15)(H,16,17);1H/t6-,8-;/m0./s1. The Bertz CT molecular complexity index is 449. The fourth-order valence-corrected chi connectivity index (χ4v) is 1.96. The highest BCUT2D eigenvalue weighted by molar-refractivity contribution is 6.30. The topological polar surface area (TPSA) is 94.2 Å². The van der Waals surface area contributed by atoms with Gasteiger partial charge in [0, 0.05) is 18.8 Å². The Labute approximate surface area is 114 Å². The lowest BCUT2D eigenvalue weighted by molar-refractivity contribution is -0.139. The van der Waals surface area contributed by atoms with Crippen LogP contribution >= 0.6 is 24.0 Å². The van der Waals surface area contributed by atoms with Crippen molar-refractivity contribution in [3.8, 4) is 0 Å². The number of rotatable bonds is 3. The number of carboxylic acids is 1. The Balaban J connectivity index is 0.00000162. The molecule has 1 amide bonds. The second-order valence-electron chi connectivity index (χ2n) is 3.94. The molecule has 4 N–H and O–H groups in total. The third-order valence-electron chi connectivity index (χ3n) is 2.66. The van der Waals surface area contributed by atoms with Crippen LogP contribution in [0.15, 0.2) is 12.3 Å². The maximum atomic E-state index is 11.7. The molecule has 0 unspecified atom stereocenters. The first-order chi connectivity index (χ1) is 8.06. The molecule has 1 fully saturated rings. The molecule has 100 valence electrons. The molecule has 1 aromatic rings. The number of H-pyrrole nitrogens is 1. The Morgan fingerprint density at radius 1 is 1.50 bits per heavy atom. The van der Waals surface area contributed by atoms with E-state index in [2.05, 4.69) is 15.6 Å². The molecule has 1 aromatic heterocycles. The number of carboxylic acid groups (broad SMARTS) is 1. The van der Waals surface area contributed by atoms with Crippen molar-refractivity contribution in [2.24, 2.45) is 0 Å². The van der Waals surface area contributed by atoms with Gasteiger partial charge in [-0.1, -0.05) is 11.6 Å². The van der Waals surface area contributed by atoms with Crippen molar-refractivity contribution in [1.82, 2.24) is 15.6 Å². The van der Waals surface area contributed by atoms with E-state index in [-0.39, 0.29) is 24.4 Å². The molecule has 0 spiro atoms. The van der Waals surface area contributed by atoms with E-state index in [1.54, 1.807) is 0 Å². The summed E-state index contributed by atoms with van der Waals surface area (Å²) in [7, 11) is 0. The molecule has 1 aliphatic heterocycles. The number of amides is 1. The molecule has 0 aliphatic carbocycles. The van der Waals surface area contributed by atoms with Gasteiger partial charge in [-0.15, -0.1) is 12.4 Å². The summed E-state index contributed by atoms with van der Waals surface area (Å²) in [5, 5.41) is 14.8. The molecule has 0 radical (unpaired) electrons. The van der Waals surface area contributed by atoms with Gasteiger partial charge in [-0.05, 0) is 12.5 Å². The van der Waals surface area contributed by atoms with Crippen molar-refractivity contribution in [3.05, 3.63) is 23.0 Å². The minimum Gasteiger partial charge on any atom is -0.480 e. The van der Waals surface area contributed by atoms with Gasteiger partial charge in [-0.2, -0.15) is 0 Å². The zero-order valence-electron chi connectivity index (χ0n) is 9.27. The number of aromatic amines is 1. The van der Waals surface area contributed by atoms with Crippen LogP contribution in [0.3, 0.4) is 0 Å². The van der Waals surface area contributed by atoms with Crippen molar-refractivity contribution in [3.63, 3.8) is 0 Å². The van der Waals surface area contributed by atoms with E-state index in [0.29, 0.717) is 23.7 Å². The van der Waals surface area contributed by atoms with Gasteiger partial charge in [0.25, 0.3) is 5.91 Å². The maximum absolute atomic E-state index is 11.7. The summed E-state index contributed by atoms with van der Waals surface area (Å²) in [5.74, 6) is -1.18. The second-order valence-corrected chi connectivity index (χ2v) is 4.37. The lowest BCUT2D eigenvalue weighted by Crippen LogP contribution is -2.36. The van der Waals surface area contributed by atoms with E-state index in [1.807, 2.05) is 0 Å². The smallest absolute Gasteiger partial charge is 0.320 e. The van der Waals surface area contributed by atoms with Gasteiger partial charge < -0.3 is 20.7 Å². The van der Waals surface area contributed by atoms with Gasteiger partial charge in [0.05, 0.1) is 5.02 Å². The van der Waals surface area contributed by atoms with Crippen molar-refractivity contribution in [2.45, 2.75) is 18.5 Å². The molecular formula is C10H13Cl2N3O3. The highest BCUT2D eigenvalue weighted by atomic mass is 35.5. The lowest BCUT2D eigenvalue weighted by atomic mass is 10.1. The highest BCUT2D eigenvalue weighted by Crippen LogP contribution is 2.11. The van der Waals surface area contributed by atoms with Crippen molar-refractivity contribution in [1.29, 1.82) is 0 Å². The second kappa shape index (κ2) is 6.08. The third-order valence-corrected chi connectivity index (χ3v) is 2.87. The summed E-state index contributed by atoms with van der Waals surface area (Å²) in [6.45, 7) is 0.456. The van der Waals surface area contributed by atoms with Crippen molar-refractivity contribution >= 4 is 35.9 Å². The summed E-state index contributed by atoms with van der Waals surface area (Å²) in [6, 6.07) is 0.756. The summed E-state index contributed by atoms with van der Waals surface area (Å²) in [4.78, 5) is 25.2. The van der Waals surface area contributed by atoms with Crippen LogP contribution in [0.25, 0.3) is 0 Å². The summed E-state index contributed by atoms with van der Waals surface area (Å²) in [5.41, 5.74) is 0.369. The van der Waals surface area contributed by atoms with Crippen LogP contribution in [0.1, 0.15) is 16.9 Å². The van der Waals surface area contributed by atoms with E-state index >= 15 is 0 Å². The summed E-state index contributed by atoms with van der Waals surface area (Å²) in [6.07, 6.45) is 1.90. The first-order valence-electron chi connectivity index (χ1n) is 5.17. The molecule has 18 heavy (non-hydrogen) atoms. The van der Waals surface area contributed by atoms with E-state index in [1.165, 1.54) is 12.3 Å². The van der Waals surface area contributed by atoms with Crippen molar-refractivity contribution < 1.29 is 14.7 Å². The van der Waals surface area contributed by atoms with Gasteiger partial charge in [-0.25, -0.2) is 0 Å². The molecule has 0 bridgehead atoms. The average Bonchev–Trinajstić information content (AvgIpc) is 2.86. The third kappa shape index (κ3) is 3.38. The Kier molecular flexibility index (Phi) is 5.01. The van der Waals surface area contributed by atoms with E-state index in [0.717, 1.165) is 0 Å². The number of hydrogen-bond donors (Lipinski definition) is 4. The Morgan fingerprint density at radius 3 is 2.72 bits per heavy atom. The first kappa shape index (κ1) is 14.8. The number of hydrogen-bond acceptors (Lipinski definition) is 3. The van der Waals surface area contributed by atoms with Crippen LogP contribution in [-0.2, 0) is 4.79 Å². The number of aliphatic carboxylic acids is 1. The molecular weight excluding hydrogens is 281 g/mol. The molecule has 0 saturated carbocycles. The monoisotopic (exact) mass is 293 g/mol. The van der Waals surface area contributed by atoms with E-state index < -0.39 is 12.0 Å². The average molecular weight is 294 g/mol. The fourth-order valence-electron chi connectivity index (χ4n) is 1.80. The quantitative estimate of drug-likeness (QED) is 0.658. The van der Waals surface area contributed by atoms with Crippen LogP contribution in [-0.4, -0.2) is 40.6 Å². The highest BCUT2D eigenvalue weighted by Gasteiger charge is 2.30. The minimum atomic E-state index is -0.898. The fraction of sp³-hybridized carbons (Fsp3) is 0.400. The van der Waals surface area contributed by atoms with Crippen LogP contribution in [0.2, 0.25) is 5.02 Å². The van der Waals surface area contributed by atoms with Crippen LogP contribution in [0.5, 0.6) is 0 Å². The normalized spacial score (nSPS) is 22.3. The largest absolute Gasteiger partial charge is 0.480 e. The SMILES string of the molecule is Cl.O=C(N[C@@H]1CN[C@H](C(=O)O)C1)c1cc(Cl)c[nH]1. The van der Waals surface area contributed by atoms with Crippen LogP contribution in [0.4, 0.5) is 0 Å². The summed E-state index contributed by atoms with van der Waals surface area (Å²) < 4.78 is 0. The van der Waals surface area contributed by atoms with Gasteiger partial charge in [0.2, 0.25) is 0 Å². The molecule has 6 nitrogen and oxygen atoms in total. The molecule has 0 aromatic carbocycles. The van der Waals surface area contributed by atoms with Crippen molar-refractivity contribution in [2.75, 3.05) is 6.54 Å².